The molecule has 4 nitrogen and oxygen atoms in total. The first kappa shape index (κ1) is 16.0. The molecule has 0 amide bonds. The molecular weight excluding hydrogens is 380 g/mol. The van der Waals surface area contributed by atoms with Gasteiger partial charge in [0.2, 0.25) is 0 Å². The summed E-state index contributed by atoms with van der Waals surface area (Å²) in [5.41, 5.74) is 3.65. The highest BCUT2D eigenvalue weighted by Crippen LogP contribution is 2.33. The minimum atomic E-state index is -0.332. The van der Waals surface area contributed by atoms with Crippen molar-refractivity contribution >= 4 is 38.9 Å². The molecule has 0 bridgehead atoms. The number of rotatable bonds is 3. The number of benzene rings is 2. The standard InChI is InChI=1S/C20H17BrN2O2/c1-2-25-20(24)17-12-16-11-14-10-15(21)8-9-18(14)23(16)19(22-17)13-6-4-3-5-7-13/h3-12,19,22H,2H2,1H3. The Bertz CT molecular complexity index is 976. The molecule has 1 aliphatic heterocycles. The van der Waals surface area contributed by atoms with Gasteiger partial charge in [-0.1, -0.05) is 46.3 Å². The second kappa shape index (κ2) is 6.41. The predicted octanol–water partition coefficient (Wildman–Crippen LogP) is 4.46. The number of nitrogens with one attached hydrogen (secondary N) is 1. The lowest BCUT2D eigenvalue weighted by Crippen LogP contribution is -2.34. The van der Waals surface area contributed by atoms with E-state index in [9.17, 15) is 4.79 Å². The highest BCUT2D eigenvalue weighted by Gasteiger charge is 2.27. The first-order valence-electron chi connectivity index (χ1n) is 8.18. The smallest absolute Gasteiger partial charge is 0.354 e. The van der Waals surface area contributed by atoms with E-state index < -0.39 is 0 Å². The number of aromatic nitrogens is 1. The predicted molar refractivity (Wildman–Crippen MR) is 102 cm³/mol. The summed E-state index contributed by atoms with van der Waals surface area (Å²) >= 11 is 3.53. The fourth-order valence-electron chi connectivity index (χ4n) is 3.22. The van der Waals surface area contributed by atoms with Gasteiger partial charge >= 0.3 is 5.97 Å². The Morgan fingerprint density at radius 1 is 1.20 bits per heavy atom. The number of carbonyl (C=O) groups is 1. The summed E-state index contributed by atoms with van der Waals surface area (Å²) in [4.78, 5) is 12.3. The van der Waals surface area contributed by atoms with Crippen LogP contribution in [0.25, 0.3) is 17.0 Å². The first-order valence-corrected chi connectivity index (χ1v) is 8.97. The van der Waals surface area contributed by atoms with E-state index in [1.807, 2.05) is 37.3 Å². The van der Waals surface area contributed by atoms with Gasteiger partial charge in [-0.2, -0.15) is 0 Å². The van der Waals surface area contributed by atoms with Crippen LogP contribution < -0.4 is 5.32 Å². The van der Waals surface area contributed by atoms with E-state index >= 15 is 0 Å². The Kier molecular flexibility index (Phi) is 4.09. The van der Waals surface area contributed by atoms with Gasteiger partial charge in [0.25, 0.3) is 0 Å². The number of hydrogen-bond acceptors (Lipinski definition) is 3. The molecule has 126 valence electrons. The molecular formula is C20H17BrN2O2. The van der Waals surface area contributed by atoms with E-state index in [4.69, 9.17) is 4.74 Å². The molecule has 4 rings (SSSR count). The van der Waals surface area contributed by atoms with E-state index in [0.717, 1.165) is 26.6 Å². The molecule has 1 unspecified atom stereocenters. The van der Waals surface area contributed by atoms with Crippen LogP contribution in [0.3, 0.4) is 0 Å². The molecule has 0 saturated heterocycles. The van der Waals surface area contributed by atoms with Crippen molar-refractivity contribution < 1.29 is 9.53 Å². The third kappa shape index (κ3) is 2.85. The Morgan fingerprint density at radius 3 is 2.76 bits per heavy atom. The van der Waals surface area contributed by atoms with Gasteiger partial charge in [-0.25, -0.2) is 4.79 Å². The Labute approximate surface area is 154 Å². The highest BCUT2D eigenvalue weighted by atomic mass is 79.9. The molecule has 0 fully saturated rings. The SMILES string of the molecule is CCOC(=O)C1=Cc2cc3cc(Br)ccc3n2C(c2ccccc2)N1. The fraction of sp³-hybridized carbons (Fsp3) is 0.150. The van der Waals surface area contributed by atoms with Gasteiger partial charge in [0.1, 0.15) is 11.9 Å². The van der Waals surface area contributed by atoms with Gasteiger partial charge in [-0.15, -0.1) is 0 Å². The zero-order chi connectivity index (χ0) is 17.4. The van der Waals surface area contributed by atoms with E-state index in [1.165, 1.54) is 0 Å². The van der Waals surface area contributed by atoms with Gasteiger partial charge in [0.05, 0.1) is 12.1 Å². The minimum Gasteiger partial charge on any atom is -0.461 e. The zero-order valence-electron chi connectivity index (χ0n) is 13.7. The summed E-state index contributed by atoms with van der Waals surface area (Å²) in [5, 5.41) is 4.46. The summed E-state index contributed by atoms with van der Waals surface area (Å²) in [7, 11) is 0. The Balaban J connectivity index is 1.91. The lowest BCUT2D eigenvalue weighted by atomic mass is 10.1. The molecule has 1 aliphatic rings. The van der Waals surface area contributed by atoms with E-state index in [0.29, 0.717) is 12.3 Å². The molecule has 25 heavy (non-hydrogen) atoms. The number of esters is 1. The maximum absolute atomic E-state index is 12.3. The Hall–Kier alpha value is -2.53. The third-order valence-electron chi connectivity index (χ3n) is 4.28. The van der Waals surface area contributed by atoms with Crippen LogP contribution in [0.2, 0.25) is 0 Å². The van der Waals surface area contributed by atoms with Crippen LogP contribution in [0, 0.1) is 0 Å². The first-order chi connectivity index (χ1) is 12.2. The molecule has 0 saturated carbocycles. The van der Waals surface area contributed by atoms with Crippen molar-refractivity contribution in [2.24, 2.45) is 0 Å². The van der Waals surface area contributed by atoms with Crippen molar-refractivity contribution in [2.45, 2.75) is 13.1 Å². The van der Waals surface area contributed by atoms with Crippen molar-refractivity contribution in [2.75, 3.05) is 6.61 Å². The van der Waals surface area contributed by atoms with Gasteiger partial charge in [0.15, 0.2) is 0 Å². The molecule has 2 heterocycles. The second-order valence-corrected chi connectivity index (χ2v) is 6.79. The fourth-order valence-corrected chi connectivity index (χ4v) is 3.60. The molecule has 5 heteroatoms. The molecule has 0 aliphatic carbocycles. The molecule has 1 N–H and O–H groups in total. The van der Waals surface area contributed by atoms with Crippen molar-refractivity contribution in [1.29, 1.82) is 0 Å². The lowest BCUT2D eigenvalue weighted by Gasteiger charge is -2.29. The number of halogens is 1. The van der Waals surface area contributed by atoms with Gasteiger partial charge in [-0.3, -0.25) is 0 Å². The van der Waals surface area contributed by atoms with Crippen LogP contribution in [-0.4, -0.2) is 17.1 Å². The molecule has 0 spiro atoms. The van der Waals surface area contributed by atoms with Crippen molar-refractivity contribution in [1.82, 2.24) is 9.88 Å². The molecule has 1 atom stereocenters. The number of ether oxygens (including phenoxy) is 1. The number of fused-ring (bicyclic) bond motifs is 3. The van der Waals surface area contributed by atoms with Gasteiger partial charge < -0.3 is 14.6 Å². The second-order valence-electron chi connectivity index (χ2n) is 5.88. The molecule has 0 radical (unpaired) electrons. The summed E-state index contributed by atoms with van der Waals surface area (Å²) in [6.45, 7) is 2.16. The largest absolute Gasteiger partial charge is 0.461 e. The Morgan fingerprint density at radius 2 is 2.00 bits per heavy atom. The van der Waals surface area contributed by atoms with Crippen LogP contribution >= 0.6 is 15.9 Å². The highest BCUT2D eigenvalue weighted by molar-refractivity contribution is 9.10. The van der Waals surface area contributed by atoms with Crippen LogP contribution in [0.1, 0.15) is 24.3 Å². The summed E-state index contributed by atoms with van der Waals surface area (Å²) in [6.07, 6.45) is 1.69. The van der Waals surface area contributed by atoms with Crippen molar-refractivity contribution in [3.63, 3.8) is 0 Å². The zero-order valence-corrected chi connectivity index (χ0v) is 15.3. The summed E-state index contributed by atoms with van der Waals surface area (Å²) in [5.74, 6) is -0.332. The van der Waals surface area contributed by atoms with E-state index in [1.54, 1.807) is 0 Å². The summed E-state index contributed by atoms with van der Waals surface area (Å²) < 4.78 is 8.42. The quantitative estimate of drug-likeness (QED) is 0.664. The summed E-state index contributed by atoms with van der Waals surface area (Å²) in [6, 6.07) is 18.4. The number of nitrogens with zero attached hydrogens (tertiary/aromatic N) is 1. The van der Waals surface area contributed by atoms with E-state index in [-0.39, 0.29) is 12.1 Å². The molecule has 3 aromatic rings. The van der Waals surface area contributed by atoms with E-state index in [2.05, 4.69) is 56.1 Å². The van der Waals surface area contributed by atoms with Crippen molar-refractivity contribution in [3.8, 4) is 0 Å². The van der Waals surface area contributed by atoms with Crippen LogP contribution in [0.4, 0.5) is 0 Å². The van der Waals surface area contributed by atoms with Crippen LogP contribution in [0.15, 0.2) is 64.8 Å². The van der Waals surface area contributed by atoms with Gasteiger partial charge in [0, 0.05) is 15.6 Å². The maximum atomic E-state index is 12.3. The van der Waals surface area contributed by atoms with Crippen LogP contribution in [-0.2, 0) is 9.53 Å². The average molecular weight is 397 g/mol. The number of hydrogen-bond donors (Lipinski definition) is 1. The lowest BCUT2D eigenvalue weighted by molar-refractivity contribution is -0.139. The maximum Gasteiger partial charge on any atom is 0.354 e. The monoisotopic (exact) mass is 396 g/mol. The van der Waals surface area contributed by atoms with Gasteiger partial charge in [-0.05, 0) is 42.8 Å². The topological polar surface area (TPSA) is 43.3 Å². The number of carbonyl (C=O) groups excluding carboxylic acids is 1. The van der Waals surface area contributed by atoms with Crippen molar-refractivity contribution in [3.05, 3.63) is 76.0 Å². The molecule has 1 aromatic heterocycles. The average Bonchev–Trinajstić information content (AvgIpc) is 2.99. The van der Waals surface area contributed by atoms with Crippen LogP contribution in [0.5, 0.6) is 0 Å². The third-order valence-corrected chi connectivity index (χ3v) is 4.78. The normalized spacial score (nSPS) is 16.1. The minimum absolute atomic E-state index is 0.167. The molecule has 2 aromatic carbocycles.